The van der Waals surface area contributed by atoms with Crippen LogP contribution in [-0.2, 0) is 9.59 Å². The van der Waals surface area contributed by atoms with Crippen LogP contribution in [0.4, 0.5) is 5.69 Å². The number of carbonyl (C=O) groups excluding carboxylic acids is 2. The Morgan fingerprint density at radius 3 is 2.58 bits per heavy atom. The quantitative estimate of drug-likeness (QED) is 0.617. The number of allylic oxidation sites excluding steroid dienone is 4. The van der Waals surface area contributed by atoms with Crippen LogP contribution in [0.5, 0.6) is 0 Å². The summed E-state index contributed by atoms with van der Waals surface area (Å²) in [5.41, 5.74) is 5.78. The summed E-state index contributed by atoms with van der Waals surface area (Å²) in [6.45, 7) is 2.30. The van der Waals surface area contributed by atoms with Crippen LogP contribution >= 0.6 is 0 Å². The molecule has 2 fully saturated rings. The highest BCUT2D eigenvalue weighted by atomic mass is 16.3. The first-order chi connectivity index (χ1) is 15.8. The molecule has 4 nitrogen and oxygen atoms in total. The molecule has 4 aliphatic rings. The Hall–Kier alpha value is -2.20. The summed E-state index contributed by atoms with van der Waals surface area (Å²) >= 11 is 0. The minimum atomic E-state index is -0.782. The zero-order valence-electron chi connectivity index (χ0n) is 20.3. The third-order valence-electron chi connectivity index (χ3n) is 9.54. The fraction of sp³-hybridized carbons (Fsp3) is 0.586. The van der Waals surface area contributed by atoms with Gasteiger partial charge in [-0.2, -0.15) is 0 Å². The third-order valence-corrected chi connectivity index (χ3v) is 9.54. The van der Waals surface area contributed by atoms with Crippen LogP contribution in [-0.4, -0.2) is 36.9 Å². The van der Waals surface area contributed by atoms with Crippen molar-refractivity contribution in [1.82, 2.24) is 0 Å². The Morgan fingerprint density at radius 1 is 1.12 bits per heavy atom. The van der Waals surface area contributed by atoms with Gasteiger partial charge in [-0.1, -0.05) is 24.6 Å². The van der Waals surface area contributed by atoms with E-state index in [9.17, 15) is 14.7 Å². The first kappa shape index (κ1) is 22.6. The maximum atomic E-state index is 12.2. The summed E-state index contributed by atoms with van der Waals surface area (Å²) in [7, 11) is 4.12. The number of ketones is 1. The highest BCUT2D eigenvalue weighted by Gasteiger charge is 2.62. The average molecular weight is 448 g/mol. The van der Waals surface area contributed by atoms with Gasteiger partial charge in [0.2, 0.25) is 0 Å². The molecule has 4 aliphatic carbocycles. The summed E-state index contributed by atoms with van der Waals surface area (Å²) < 4.78 is 0. The van der Waals surface area contributed by atoms with Gasteiger partial charge in [-0.25, -0.2) is 0 Å². The second-order valence-corrected chi connectivity index (χ2v) is 11.3. The van der Waals surface area contributed by atoms with Crippen molar-refractivity contribution in [2.75, 3.05) is 19.0 Å². The molecule has 0 saturated heterocycles. The monoisotopic (exact) mass is 447 g/mol. The first-order valence-corrected chi connectivity index (χ1v) is 12.7. The van der Waals surface area contributed by atoms with E-state index in [0.29, 0.717) is 31.1 Å². The summed E-state index contributed by atoms with van der Waals surface area (Å²) in [5.74, 6) is 1.41. The van der Waals surface area contributed by atoms with E-state index in [2.05, 4.69) is 50.2 Å². The first-order valence-electron chi connectivity index (χ1n) is 12.7. The number of carbonyl (C=O) groups is 2. The molecule has 4 heteroatoms. The fourth-order valence-electron chi connectivity index (χ4n) is 7.77. The SMILES string of the molecule is CN(C)c1ccc([C@H]2C[C@@]3(C)[C@H](CC[C@@]3(O)CCC=O)[C@@H]3CCC4=CC(=O)CCC4=C32)cc1. The minimum absolute atomic E-state index is 0.207. The number of hydrogen-bond donors (Lipinski definition) is 1. The molecule has 1 aromatic rings. The number of benzene rings is 1. The molecule has 0 radical (unpaired) electrons. The van der Waals surface area contributed by atoms with Crippen LogP contribution in [0.2, 0.25) is 0 Å². The molecule has 1 N–H and O–H groups in total. The molecule has 0 unspecified atom stereocenters. The van der Waals surface area contributed by atoms with Crippen molar-refractivity contribution in [2.24, 2.45) is 17.3 Å². The Labute approximate surface area is 197 Å². The van der Waals surface area contributed by atoms with E-state index in [1.165, 1.54) is 22.4 Å². The van der Waals surface area contributed by atoms with Crippen LogP contribution in [0, 0.1) is 17.3 Å². The van der Waals surface area contributed by atoms with Gasteiger partial charge >= 0.3 is 0 Å². The van der Waals surface area contributed by atoms with E-state index in [1.807, 2.05) is 6.08 Å². The Morgan fingerprint density at radius 2 is 1.88 bits per heavy atom. The zero-order chi connectivity index (χ0) is 23.4. The molecule has 0 amide bonds. The average Bonchev–Trinajstić information content (AvgIpc) is 3.07. The highest BCUT2D eigenvalue weighted by Crippen LogP contribution is 2.67. The van der Waals surface area contributed by atoms with Gasteiger partial charge in [-0.15, -0.1) is 0 Å². The molecule has 0 aliphatic heterocycles. The molecule has 33 heavy (non-hydrogen) atoms. The molecular weight excluding hydrogens is 410 g/mol. The second kappa shape index (κ2) is 8.23. The summed E-state index contributed by atoms with van der Waals surface area (Å²) in [6.07, 6.45) is 10.1. The number of rotatable bonds is 5. The molecule has 0 bridgehead atoms. The molecule has 5 atom stereocenters. The molecule has 5 rings (SSSR count). The Bertz CT molecular complexity index is 1020. The van der Waals surface area contributed by atoms with Gasteiger partial charge in [0, 0.05) is 44.0 Å². The normalized spacial score (nSPS) is 35.5. The second-order valence-electron chi connectivity index (χ2n) is 11.3. The largest absolute Gasteiger partial charge is 0.389 e. The van der Waals surface area contributed by atoms with E-state index >= 15 is 0 Å². The number of aldehydes is 1. The topological polar surface area (TPSA) is 57.6 Å². The van der Waals surface area contributed by atoms with Crippen molar-refractivity contribution in [3.05, 3.63) is 52.6 Å². The predicted octanol–water partition coefficient (Wildman–Crippen LogP) is 5.36. The Balaban J connectivity index is 1.63. The van der Waals surface area contributed by atoms with Crippen LogP contribution in [0.1, 0.15) is 76.2 Å². The number of fused-ring (bicyclic) bond motifs is 4. The summed E-state index contributed by atoms with van der Waals surface area (Å²) in [4.78, 5) is 25.5. The standard InChI is InChI=1S/C29H37NO3/c1-28-18-25(19-5-8-21(9-6-19)30(2)3)27-23-12-10-22(32)17-20(23)7-11-24(27)26(28)13-15-29(28,33)14-4-16-31/h5-6,8-9,16-17,24-26,33H,4,7,10-15,18H2,1-3H3/t24-,25+,26+,28-,29-/m0/s1. The van der Waals surface area contributed by atoms with E-state index in [0.717, 1.165) is 44.8 Å². The molecule has 0 heterocycles. The van der Waals surface area contributed by atoms with Crippen molar-refractivity contribution < 1.29 is 14.7 Å². The zero-order valence-corrected chi connectivity index (χ0v) is 20.3. The van der Waals surface area contributed by atoms with Crippen molar-refractivity contribution >= 4 is 17.8 Å². The van der Waals surface area contributed by atoms with Gasteiger partial charge < -0.3 is 14.8 Å². The van der Waals surface area contributed by atoms with E-state index in [1.54, 1.807) is 5.57 Å². The van der Waals surface area contributed by atoms with E-state index in [-0.39, 0.29) is 17.1 Å². The fourth-order valence-corrected chi connectivity index (χ4v) is 7.77. The van der Waals surface area contributed by atoms with Gasteiger partial charge in [0.25, 0.3) is 0 Å². The highest BCUT2D eigenvalue weighted by molar-refractivity contribution is 5.93. The molecule has 2 saturated carbocycles. The maximum absolute atomic E-state index is 12.2. The lowest BCUT2D eigenvalue weighted by Crippen LogP contribution is -2.51. The van der Waals surface area contributed by atoms with Gasteiger partial charge in [-0.3, -0.25) is 4.79 Å². The lowest BCUT2D eigenvalue weighted by atomic mass is 9.51. The van der Waals surface area contributed by atoms with E-state index in [4.69, 9.17) is 0 Å². The van der Waals surface area contributed by atoms with Crippen LogP contribution in [0.25, 0.3) is 0 Å². The molecule has 0 spiro atoms. The van der Waals surface area contributed by atoms with Crippen molar-refractivity contribution in [3.63, 3.8) is 0 Å². The molecule has 1 aromatic carbocycles. The van der Waals surface area contributed by atoms with Gasteiger partial charge in [-0.05, 0) is 91.7 Å². The lowest BCUT2D eigenvalue weighted by molar-refractivity contribution is -0.116. The number of hydrogen-bond acceptors (Lipinski definition) is 4. The van der Waals surface area contributed by atoms with Gasteiger partial charge in [0.1, 0.15) is 6.29 Å². The third kappa shape index (κ3) is 3.53. The summed E-state index contributed by atoms with van der Waals surface area (Å²) in [5, 5.41) is 11.9. The van der Waals surface area contributed by atoms with E-state index < -0.39 is 5.60 Å². The van der Waals surface area contributed by atoms with Crippen LogP contribution in [0.3, 0.4) is 0 Å². The van der Waals surface area contributed by atoms with Crippen LogP contribution in [0.15, 0.2) is 47.1 Å². The minimum Gasteiger partial charge on any atom is -0.389 e. The predicted molar refractivity (Wildman–Crippen MR) is 131 cm³/mol. The van der Waals surface area contributed by atoms with Crippen LogP contribution < -0.4 is 4.90 Å². The number of nitrogens with zero attached hydrogens (tertiary/aromatic N) is 1. The van der Waals surface area contributed by atoms with Crippen molar-refractivity contribution in [3.8, 4) is 0 Å². The molecule has 176 valence electrons. The number of anilines is 1. The van der Waals surface area contributed by atoms with Gasteiger partial charge in [0.05, 0.1) is 5.60 Å². The number of aliphatic hydroxyl groups is 1. The molecule has 0 aromatic heterocycles. The Kier molecular flexibility index (Phi) is 5.63. The van der Waals surface area contributed by atoms with Crippen molar-refractivity contribution in [1.29, 1.82) is 0 Å². The smallest absolute Gasteiger partial charge is 0.156 e. The van der Waals surface area contributed by atoms with Crippen molar-refractivity contribution in [2.45, 2.75) is 76.2 Å². The lowest BCUT2D eigenvalue weighted by Gasteiger charge is -2.55. The maximum Gasteiger partial charge on any atom is 0.156 e. The molecular formula is C29H37NO3. The summed E-state index contributed by atoms with van der Waals surface area (Å²) in [6, 6.07) is 8.92. The van der Waals surface area contributed by atoms with Gasteiger partial charge in [0.15, 0.2) is 5.78 Å².